The van der Waals surface area contributed by atoms with Crippen LogP contribution in [0.15, 0.2) is 158 Å². The van der Waals surface area contributed by atoms with E-state index >= 15 is 0 Å². The van der Waals surface area contributed by atoms with Crippen LogP contribution >= 0.6 is 0 Å². The van der Waals surface area contributed by atoms with E-state index in [1.165, 1.54) is 27.5 Å². The number of para-hydroxylation sites is 1. The molecule has 0 saturated heterocycles. The molecule has 0 spiro atoms. The van der Waals surface area contributed by atoms with Crippen LogP contribution in [0.3, 0.4) is 0 Å². The predicted molar refractivity (Wildman–Crippen MR) is 205 cm³/mol. The second-order valence-electron chi connectivity index (χ2n) is 13.8. The van der Waals surface area contributed by atoms with Crippen LogP contribution in [0.5, 0.6) is 23.0 Å². The summed E-state index contributed by atoms with van der Waals surface area (Å²) >= 11 is 0. The molecule has 1 aliphatic heterocycles. The molecule has 0 unspecified atom stereocenters. The average molecular weight is 657 g/mol. The largest absolute Gasteiger partial charge is 0.449 e. The molecular weight excluding hydrogens is 625 g/mol. The molecule has 1 aliphatic carbocycles. The average Bonchev–Trinajstić information content (AvgIpc) is 3.43. The van der Waals surface area contributed by atoms with Gasteiger partial charge in [0.05, 0.1) is 11.4 Å². The van der Waals surface area contributed by atoms with Crippen LogP contribution in [0.4, 0.5) is 0 Å². The second-order valence-corrected chi connectivity index (χ2v) is 13.8. The van der Waals surface area contributed by atoms with E-state index in [1.54, 1.807) is 0 Å². The van der Waals surface area contributed by atoms with E-state index in [-0.39, 0.29) is 5.41 Å². The Kier molecular flexibility index (Phi) is 6.49. The van der Waals surface area contributed by atoms with Gasteiger partial charge in [0.15, 0.2) is 28.8 Å². The number of ether oxygens (including phenoxy) is 2. The zero-order valence-electron chi connectivity index (χ0n) is 28.2. The normalized spacial score (nSPS) is 13.4. The maximum Gasteiger partial charge on any atom is 0.178 e. The SMILES string of the molecule is CC1(C)c2ccccc2-c2c1ccc1c2Oc2c(cccc2-c2cccc(-c3cc(-c4ccc5ccccc5c4)nc(-c4ccccc4)n3)c2)O1. The molecule has 0 amide bonds. The number of hydrogen-bond acceptors (Lipinski definition) is 4. The molecule has 4 heteroatoms. The van der Waals surface area contributed by atoms with Gasteiger partial charge in [-0.05, 0) is 63.4 Å². The Balaban J connectivity index is 1.09. The highest BCUT2D eigenvalue weighted by Gasteiger charge is 2.39. The summed E-state index contributed by atoms with van der Waals surface area (Å²) in [6, 6.07) is 54.6. The minimum atomic E-state index is -0.139. The summed E-state index contributed by atoms with van der Waals surface area (Å²) in [4.78, 5) is 10.2. The summed E-state index contributed by atoms with van der Waals surface area (Å²) in [6.45, 7) is 4.56. The fourth-order valence-corrected chi connectivity index (χ4v) is 7.73. The molecule has 0 atom stereocenters. The van der Waals surface area contributed by atoms with Gasteiger partial charge in [-0.3, -0.25) is 0 Å². The van der Waals surface area contributed by atoms with Gasteiger partial charge in [-0.1, -0.05) is 141 Å². The molecule has 10 rings (SSSR count). The van der Waals surface area contributed by atoms with Gasteiger partial charge in [-0.25, -0.2) is 9.97 Å². The van der Waals surface area contributed by atoms with Crippen LogP contribution < -0.4 is 9.47 Å². The van der Waals surface area contributed by atoms with Crippen molar-refractivity contribution in [1.29, 1.82) is 0 Å². The van der Waals surface area contributed by atoms with Crippen molar-refractivity contribution in [2.24, 2.45) is 0 Å². The summed E-state index contributed by atoms with van der Waals surface area (Å²) in [7, 11) is 0. The minimum absolute atomic E-state index is 0.139. The lowest BCUT2D eigenvalue weighted by molar-refractivity contribution is 0.361. The molecule has 51 heavy (non-hydrogen) atoms. The number of rotatable bonds is 4. The van der Waals surface area contributed by atoms with Crippen LogP contribution in [0, 0.1) is 0 Å². The predicted octanol–water partition coefficient (Wildman–Crippen LogP) is 12.5. The Morgan fingerprint density at radius 2 is 1.10 bits per heavy atom. The molecular formula is C47H32N2O2. The molecule has 2 heterocycles. The Labute approximate surface area is 296 Å². The molecule has 2 aliphatic rings. The van der Waals surface area contributed by atoms with Gasteiger partial charge in [0.1, 0.15) is 0 Å². The minimum Gasteiger partial charge on any atom is -0.449 e. The van der Waals surface area contributed by atoms with Gasteiger partial charge in [-0.15, -0.1) is 0 Å². The molecule has 0 radical (unpaired) electrons. The van der Waals surface area contributed by atoms with Crippen molar-refractivity contribution in [3.8, 4) is 79.2 Å². The number of fused-ring (bicyclic) bond motifs is 7. The Morgan fingerprint density at radius 3 is 1.96 bits per heavy atom. The molecule has 0 saturated carbocycles. The van der Waals surface area contributed by atoms with Gasteiger partial charge in [0.2, 0.25) is 0 Å². The van der Waals surface area contributed by atoms with Crippen molar-refractivity contribution >= 4 is 10.8 Å². The highest BCUT2D eigenvalue weighted by Crippen LogP contribution is 2.59. The lowest BCUT2D eigenvalue weighted by atomic mass is 9.82. The summed E-state index contributed by atoms with van der Waals surface area (Å²) in [5.74, 6) is 3.59. The fourth-order valence-electron chi connectivity index (χ4n) is 7.73. The van der Waals surface area contributed by atoms with Gasteiger partial charge in [-0.2, -0.15) is 0 Å². The Hall–Kier alpha value is -6.52. The first-order valence-corrected chi connectivity index (χ1v) is 17.3. The highest BCUT2D eigenvalue weighted by atomic mass is 16.6. The summed E-state index contributed by atoms with van der Waals surface area (Å²) in [5, 5.41) is 2.37. The highest BCUT2D eigenvalue weighted by molar-refractivity contribution is 5.90. The first kappa shape index (κ1) is 29.4. The topological polar surface area (TPSA) is 44.2 Å². The fraction of sp³-hybridized carbons (Fsp3) is 0.0638. The van der Waals surface area contributed by atoms with Crippen molar-refractivity contribution in [3.63, 3.8) is 0 Å². The van der Waals surface area contributed by atoms with E-state index in [0.717, 1.165) is 56.3 Å². The summed E-state index contributed by atoms with van der Waals surface area (Å²) in [6.07, 6.45) is 0. The molecule has 8 aromatic rings. The van der Waals surface area contributed by atoms with E-state index in [2.05, 4.69) is 135 Å². The van der Waals surface area contributed by atoms with Crippen molar-refractivity contribution in [2.75, 3.05) is 0 Å². The van der Waals surface area contributed by atoms with E-state index in [9.17, 15) is 0 Å². The van der Waals surface area contributed by atoms with Gasteiger partial charge < -0.3 is 9.47 Å². The molecule has 7 aromatic carbocycles. The third-order valence-corrected chi connectivity index (χ3v) is 10.3. The van der Waals surface area contributed by atoms with Crippen molar-refractivity contribution in [2.45, 2.75) is 19.3 Å². The number of benzene rings is 7. The summed E-state index contributed by atoms with van der Waals surface area (Å²) in [5.41, 5.74) is 11.4. The standard InChI is InChI=1S/C47H32N2O2/c1-47(2)37-20-9-8-18-36(37)43-38(47)24-25-42-45(43)51-44-35(19-11-21-41(44)50-42)32-16-10-17-33(27-32)39-28-40(49-46(48-39)30-13-4-3-5-14-30)34-23-22-29-12-6-7-15-31(29)26-34/h3-28H,1-2H3. The second kappa shape index (κ2) is 11.3. The van der Waals surface area contributed by atoms with Gasteiger partial charge in [0.25, 0.3) is 0 Å². The molecule has 0 N–H and O–H groups in total. The third-order valence-electron chi connectivity index (χ3n) is 10.3. The van der Waals surface area contributed by atoms with Crippen LogP contribution in [-0.4, -0.2) is 9.97 Å². The van der Waals surface area contributed by atoms with Crippen LogP contribution in [0.25, 0.3) is 66.9 Å². The molecule has 0 fully saturated rings. The van der Waals surface area contributed by atoms with Crippen LogP contribution in [-0.2, 0) is 5.41 Å². The van der Waals surface area contributed by atoms with E-state index in [1.807, 2.05) is 36.4 Å². The zero-order chi connectivity index (χ0) is 34.1. The Morgan fingerprint density at radius 1 is 0.431 bits per heavy atom. The van der Waals surface area contributed by atoms with Crippen molar-refractivity contribution < 1.29 is 9.47 Å². The number of nitrogens with zero attached hydrogens (tertiary/aromatic N) is 2. The van der Waals surface area contributed by atoms with Crippen molar-refractivity contribution in [1.82, 2.24) is 9.97 Å². The number of hydrogen-bond donors (Lipinski definition) is 0. The first-order valence-electron chi connectivity index (χ1n) is 17.3. The lowest BCUT2D eigenvalue weighted by Gasteiger charge is -2.26. The summed E-state index contributed by atoms with van der Waals surface area (Å²) < 4.78 is 13.5. The van der Waals surface area contributed by atoms with Crippen molar-refractivity contribution in [3.05, 3.63) is 169 Å². The molecule has 0 bridgehead atoms. The third kappa shape index (κ3) is 4.75. The van der Waals surface area contributed by atoms with E-state index < -0.39 is 0 Å². The van der Waals surface area contributed by atoms with Gasteiger partial charge in [0, 0.05) is 33.2 Å². The molecule has 242 valence electrons. The van der Waals surface area contributed by atoms with Crippen LogP contribution in [0.1, 0.15) is 25.0 Å². The smallest absolute Gasteiger partial charge is 0.178 e. The van der Waals surface area contributed by atoms with Gasteiger partial charge >= 0.3 is 0 Å². The lowest BCUT2D eigenvalue weighted by Crippen LogP contribution is -2.15. The zero-order valence-corrected chi connectivity index (χ0v) is 28.2. The monoisotopic (exact) mass is 656 g/mol. The molecule has 1 aromatic heterocycles. The maximum absolute atomic E-state index is 6.94. The van der Waals surface area contributed by atoms with Crippen LogP contribution in [0.2, 0.25) is 0 Å². The number of aromatic nitrogens is 2. The van der Waals surface area contributed by atoms with E-state index in [4.69, 9.17) is 19.4 Å². The quantitative estimate of drug-likeness (QED) is 0.189. The Bertz CT molecular complexity index is 2680. The maximum atomic E-state index is 6.94. The van der Waals surface area contributed by atoms with E-state index in [0.29, 0.717) is 17.3 Å². The molecule has 4 nitrogen and oxygen atoms in total. The first-order chi connectivity index (χ1) is 25.0.